The largest absolute Gasteiger partial charge is 0.496 e. The summed E-state index contributed by atoms with van der Waals surface area (Å²) >= 11 is 0. The summed E-state index contributed by atoms with van der Waals surface area (Å²) in [6.45, 7) is 1.22. The third-order valence-electron chi connectivity index (χ3n) is 3.93. The summed E-state index contributed by atoms with van der Waals surface area (Å²) in [6.07, 6.45) is 1.71. The van der Waals surface area contributed by atoms with Crippen LogP contribution in [0.3, 0.4) is 0 Å². The summed E-state index contributed by atoms with van der Waals surface area (Å²) in [5, 5.41) is 22.2. The van der Waals surface area contributed by atoms with Gasteiger partial charge < -0.3 is 15.1 Å². The zero-order valence-electron chi connectivity index (χ0n) is 13.4. The summed E-state index contributed by atoms with van der Waals surface area (Å²) in [5.41, 5.74) is 4.48. The van der Waals surface area contributed by atoms with E-state index in [1.165, 1.54) is 0 Å². The maximum absolute atomic E-state index is 9.83. The van der Waals surface area contributed by atoms with Crippen LogP contribution < -0.4 is 15.5 Å². The van der Waals surface area contributed by atoms with Crippen molar-refractivity contribution in [2.24, 2.45) is 0 Å². The predicted molar refractivity (Wildman–Crippen MR) is 94.5 cm³/mol. The molecule has 1 aromatic heterocycles. The Morgan fingerprint density at radius 1 is 1.17 bits per heavy atom. The molecule has 0 amide bonds. The van der Waals surface area contributed by atoms with E-state index in [-0.39, 0.29) is 0 Å². The first-order chi connectivity index (χ1) is 11.1. The van der Waals surface area contributed by atoms with Crippen molar-refractivity contribution >= 4 is 29.0 Å². The Balaban J connectivity index is 2.18. The van der Waals surface area contributed by atoms with Gasteiger partial charge in [-0.25, -0.2) is 0 Å². The van der Waals surface area contributed by atoms with Crippen LogP contribution in [0.2, 0.25) is 6.82 Å². The van der Waals surface area contributed by atoms with E-state index < -0.39 is 6.92 Å². The number of ether oxygens (including phenoxy) is 1. The molecule has 0 aliphatic carbocycles. The van der Waals surface area contributed by atoms with E-state index in [1.807, 2.05) is 43.4 Å². The van der Waals surface area contributed by atoms with Crippen LogP contribution in [0.4, 0.5) is 5.69 Å². The van der Waals surface area contributed by atoms with Crippen molar-refractivity contribution in [3.05, 3.63) is 42.6 Å². The van der Waals surface area contributed by atoms with Crippen molar-refractivity contribution in [1.82, 2.24) is 10.2 Å². The molecule has 0 unspecified atom stereocenters. The summed E-state index contributed by atoms with van der Waals surface area (Å²) in [5.74, 6) is 0.756. The van der Waals surface area contributed by atoms with E-state index in [0.29, 0.717) is 0 Å². The number of nitrogens with zero attached hydrogens (tertiary/aromatic N) is 2. The molecule has 5 nitrogen and oxygen atoms in total. The van der Waals surface area contributed by atoms with Gasteiger partial charge in [-0.15, -0.1) is 0 Å². The zero-order valence-corrected chi connectivity index (χ0v) is 13.4. The Labute approximate surface area is 135 Å². The quantitative estimate of drug-likeness (QED) is 0.723. The van der Waals surface area contributed by atoms with Gasteiger partial charge in [0.2, 0.25) is 0 Å². The number of anilines is 1. The van der Waals surface area contributed by atoms with Crippen LogP contribution in [-0.4, -0.2) is 36.3 Å². The fourth-order valence-electron chi connectivity index (χ4n) is 2.64. The second-order valence-corrected chi connectivity index (χ2v) is 5.38. The third kappa shape index (κ3) is 2.85. The average molecular weight is 307 g/mol. The molecule has 3 aromatic rings. The average Bonchev–Trinajstić information content (AvgIpc) is 2.59. The molecule has 116 valence electrons. The molecule has 0 aliphatic rings. The van der Waals surface area contributed by atoms with Crippen molar-refractivity contribution in [2.75, 3.05) is 19.5 Å². The second-order valence-electron chi connectivity index (χ2n) is 5.38. The van der Waals surface area contributed by atoms with Gasteiger partial charge in [0.25, 0.3) is 0 Å². The van der Waals surface area contributed by atoms with Gasteiger partial charge in [-0.3, -0.25) is 0 Å². The first kappa shape index (κ1) is 15.3. The number of fused-ring (bicyclic) bond motifs is 1. The van der Waals surface area contributed by atoms with Crippen molar-refractivity contribution in [1.29, 1.82) is 0 Å². The Bertz CT molecular complexity index is 852. The molecule has 1 heterocycles. The topological polar surface area (TPSA) is 67.3 Å². The molecule has 0 radical (unpaired) electrons. The summed E-state index contributed by atoms with van der Waals surface area (Å²) in [7, 11) is 3.50. The number of rotatable bonds is 4. The number of benzene rings is 2. The van der Waals surface area contributed by atoms with Gasteiger partial charge in [-0.2, -0.15) is 10.2 Å². The zero-order chi connectivity index (χ0) is 16.4. The van der Waals surface area contributed by atoms with Crippen LogP contribution in [0, 0.1) is 0 Å². The number of nitrogens with one attached hydrogen (secondary N) is 1. The molecule has 2 aromatic carbocycles. The maximum atomic E-state index is 9.83. The SMILES string of the molecule is CNc1cnnc2cc(-c3cc(B(C)O)ccc3OC)ccc12. The van der Waals surface area contributed by atoms with E-state index in [9.17, 15) is 5.02 Å². The fourth-order valence-corrected chi connectivity index (χ4v) is 2.64. The highest BCUT2D eigenvalue weighted by Gasteiger charge is 2.13. The Morgan fingerprint density at radius 3 is 2.70 bits per heavy atom. The van der Waals surface area contributed by atoms with E-state index >= 15 is 0 Å². The van der Waals surface area contributed by atoms with Gasteiger partial charge in [-0.1, -0.05) is 25.0 Å². The van der Waals surface area contributed by atoms with E-state index in [2.05, 4.69) is 15.5 Å². The van der Waals surface area contributed by atoms with Crippen LogP contribution in [0.25, 0.3) is 22.0 Å². The minimum Gasteiger partial charge on any atom is -0.496 e. The summed E-state index contributed by atoms with van der Waals surface area (Å²) in [4.78, 5) is 0. The molecule has 0 aliphatic heterocycles. The molecule has 0 saturated carbocycles. The van der Waals surface area contributed by atoms with Crippen molar-refractivity contribution < 1.29 is 9.76 Å². The molecule has 23 heavy (non-hydrogen) atoms. The lowest BCUT2D eigenvalue weighted by atomic mass is 9.64. The molecule has 6 heteroatoms. The van der Waals surface area contributed by atoms with Crippen LogP contribution in [0.1, 0.15) is 0 Å². The highest BCUT2D eigenvalue weighted by atomic mass is 16.5. The van der Waals surface area contributed by atoms with Crippen molar-refractivity contribution in [3.63, 3.8) is 0 Å². The molecular formula is C17H18BN3O2. The van der Waals surface area contributed by atoms with Crippen LogP contribution in [0.5, 0.6) is 5.75 Å². The Hall–Kier alpha value is -2.60. The molecule has 2 N–H and O–H groups in total. The molecule has 0 saturated heterocycles. The standard InChI is InChI=1S/C17H18BN3O2/c1-18(22)12-5-7-17(23-3)14(9-12)11-4-6-13-15(8-11)21-20-10-16(13)19-2/h4-10,22H,1-3H3,(H,19,21). The van der Waals surface area contributed by atoms with Crippen LogP contribution in [-0.2, 0) is 0 Å². The number of aromatic nitrogens is 2. The van der Waals surface area contributed by atoms with Gasteiger partial charge in [0.15, 0.2) is 0 Å². The number of methoxy groups -OCH3 is 1. The Morgan fingerprint density at radius 2 is 2.00 bits per heavy atom. The predicted octanol–water partition coefficient (Wildman–Crippen LogP) is 2.17. The van der Waals surface area contributed by atoms with E-state index in [1.54, 1.807) is 20.1 Å². The highest BCUT2D eigenvalue weighted by Crippen LogP contribution is 2.32. The monoisotopic (exact) mass is 307 g/mol. The first-order valence-corrected chi connectivity index (χ1v) is 7.43. The Kier molecular flexibility index (Phi) is 4.17. The number of hydrogen-bond acceptors (Lipinski definition) is 5. The van der Waals surface area contributed by atoms with Gasteiger partial charge in [0.05, 0.1) is 24.5 Å². The normalized spacial score (nSPS) is 10.6. The minimum absolute atomic E-state index is 0.532. The van der Waals surface area contributed by atoms with E-state index in [0.717, 1.165) is 38.9 Å². The van der Waals surface area contributed by atoms with Crippen LogP contribution >= 0.6 is 0 Å². The lowest BCUT2D eigenvalue weighted by molar-refractivity contribution is 0.416. The first-order valence-electron chi connectivity index (χ1n) is 7.43. The molecule has 3 rings (SSSR count). The molecule has 0 atom stereocenters. The smallest absolute Gasteiger partial charge is 0.320 e. The van der Waals surface area contributed by atoms with Gasteiger partial charge in [0.1, 0.15) is 5.75 Å². The molecule has 0 spiro atoms. The molecular weight excluding hydrogens is 289 g/mol. The highest BCUT2D eigenvalue weighted by molar-refractivity contribution is 6.64. The summed E-state index contributed by atoms with van der Waals surface area (Å²) in [6, 6.07) is 11.7. The van der Waals surface area contributed by atoms with Gasteiger partial charge in [0, 0.05) is 18.0 Å². The lowest BCUT2D eigenvalue weighted by Gasteiger charge is -2.12. The van der Waals surface area contributed by atoms with Gasteiger partial charge in [-0.05, 0) is 29.2 Å². The van der Waals surface area contributed by atoms with Crippen molar-refractivity contribution in [2.45, 2.75) is 6.82 Å². The number of hydrogen-bond donors (Lipinski definition) is 2. The summed E-state index contributed by atoms with van der Waals surface area (Å²) < 4.78 is 5.46. The maximum Gasteiger partial charge on any atom is 0.320 e. The lowest BCUT2D eigenvalue weighted by Crippen LogP contribution is -2.26. The van der Waals surface area contributed by atoms with E-state index in [4.69, 9.17) is 4.74 Å². The van der Waals surface area contributed by atoms with Crippen LogP contribution in [0.15, 0.2) is 42.6 Å². The minimum atomic E-state index is -0.532. The fraction of sp³-hybridized carbons (Fsp3) is 0.176. The third-order valence-corrected chi connectivity index (χ3v) is 3.93. The van der Waals surface area contributed by atoms with Crippen molar-refractivity contribution in [3.8, 4) is 16.9 Å². The van der Waals surface area contributed by atoms with Gasteiger partial charge >= 0.3 is 6.92 Å². The second kappa shape index (κ2) is 6.26. The molecule has 0 bridgehead atoms. The molecule has 0 fully saturated rings.